The van der Waals surface area contributed by atoms with Crippen molar-refractivity contribution >= 4 is 23.3 Å². The molecule has 1 aromatic heterocycles. The molecule has 138 valence electrons. The lowest BCUT2D eigenvalue weighted by molar-refractivity contribution is -0.122. The lowest BCUT2D eigenvalue weighted by atomic mass is 9.93. The van der Waals surface area contributed by atoms with Gasteiger partial charge in [-0.25, -0.2) is 0 Å². The van der Waals surface area contributed by atoms with Crippen molar-refractivity contribution in [1.29, 1.82) is 0 Å². The molecule has 6 nitrogen and oxygen atoms in total. The molecular formula is C20H25N3O3. The SMILES string of the molecule is CCc1ccccc1N1CC(C(=O)Nc2cc(C(C)(C)C)on2)CC1=O. The van der Waals surface area contributed by atoms with Gasteiger partial charge >= 0.3 is 0 Å². The van der Waals surface area contributed by atoms with Crippen molar-refractivity contribution in [3.63, 3.8) is 0 Å². The van der Waals surface area contributed by atoms with Crippen molar-refractivity contribution in [2.24, 2.45) is 5.92 Å². The molecule has 1 unspecified atom stereocenters. The monoisotopic (exact) mass is 355 g/mol. The molecular weight excluding hydrogens is 330 g/mol. The smallest absolute Gasteiger partial charge is 0.231 e. The number of hydrogen-bond donors (Lipinski definition) is 1. The van der Waals surface area contributed by atoms with Gasteiger partial charge in [-0.3, -0.25) is 9.59 Å². The van der Waals surface area contributed by atoms with Gasteiger partial charge in [-0.15, -0.1) is 0 Å². The predicted octanol–water partition coefficient (Wildman–Crippen LogP) is 3.53. The molecule has 26 heavy (non-hydrogen) atoms. The van der Waals surface area contributed by atoms with E-state index in [-0.39, 0.29) is 23.7 Å². The number of carbonyl (C=O) groups excluding carboxylic acids is 2. The third kappa shape index (κ3) is 3.64. The van der Waals surface area contributed by atoms with Crippen LogP contribution in [0, 0.1) is 5.92 Å². The first kappa shape index (κ1) is 18.2. The van der Waals surface area contributed by atoms with Crippen molar-refractivity contribution in [2.45, 2.75) is 46.0 Å². The molecule has 2 heterocycles. The third-order valence-corrected chi connectivity index (χ3v) is 4.66. The number of aromatic nitrogens is 1. The number of hydrogen-bond acceptors (Lipinski definition) is 4. The van der Waals surface area contributed by atoms with Crippen LogP contribution in [0.2, 0.25) is 0 Å². The minimum Gasteiger partial charge on any atom is -0.359 e. The lowest BCUT2D eigenvalue weighted by Crippen LogP contribution is -2.28. The van der Waals surface area contributed by atoms with Crippen LogP contribution in [0.3, 0.4) is 0 Å². The number of carbonyl (C=O) groups is 2. The Labute approximate surface area is 153 Å². The molecule has 1 atom stereocenters. The summed E-state index contributed by atoms with van der Waals surface area (Å²) in [6, 6.07) is 9.56. The number of amides is 2. The van der Waals surface area contributed by atoms with Gasteiger partial charge in [0, 0.05) is 30.1 Å². The fourth-order valence-corrected chi connectivity index (χ4v) is 3.11. The second-order valence-electron chi connectivity index (χ2n) is 7.70. The van der Waals surface area contributed by atoms with E-state index >= 15 is 0 Å². The van der Waals surface area contributed by atoms with Crippen molar-refractivity contribution in [3.05, 3.63) is 41.7 Å². The second kappa shape index (κ2) is 6.94. The van der Waals surface area contributed by atoms with Crippen molar-refractivity contribution in [1.82, 2.24) is 5.16 Å². The van der Waals surface area contributed by atoms with Crippen molar-refractivity contribution in [2.75, 3.05) is 16.8 Å². The van der Waals surface area contributed by atoms with E-state index in [0.29, 0.717) is 18.1 Å². The van der Waals surface area contributed by atoms with E-state index < -0.39 is 5.92 Å². The first-order chi connectivity index (χ1) is 12.3. The van der Waals surface area contributed by atoms with E-state index in [2.05, 4.69) is 17.4 Å². The summed E-state index contributed by atoms with van der Waals surface area (Å²) in [4.78, 5) is 26.8. The van der Waals surface area contributed by atoms with Gasteiger partial charge in [-0.2, -0.15) is 0 Å². The normalized spacial score (nSPS) is 17.6. The number of nitrogens with zero attached hydrogens (tertiary/aromatic N) is 2. The van der Waals surface area contributed by atoms with Gasteiger partial charge in [-0.05, 0) is 18.1 Å². The zero-order valence-electron chi connectivity index (χ0n) is 15.7. The average molecular weight is 355 g/mol. The lowest BCUT2D eigenvalue weighted by Gasteiger charge is -2.19. The van der Waals surface area contributed by atoms with Gasteiger partial charge in [0.15, 0.2) is 5.82 Å². The standard InChI is InChI=1S/C20H25N3O3/c1-5-13-8-6-7-9-15(13)23-12-14(10-18(23)24)19(25)21-17-11-16(26-22-17)20(2,3)4/h6-9,11,14H,5,10,12H2,1-4H3,(H,21,22,25). The quantitative estimate of drug-likeness (QED) is 0.910. The highest BCUT2D eigenvalue weighted by Gasteiger charge is 2.36. The highest BCUT2D eigenvalue weighted by atomic mass is 16.5. The molecule has 0 radical (unpaired) electrons. The molecule has 0 aliphatic carbocycles. The summed E-state index contributed by atoms with van der Waals surface area (Å²) in [7, 11) is 0. The first-order valence-corrected chi connectivity index (χ1v) is 8.96. The molecule has 0 bridgehead atoms. The number of aryl methyl sites for hydroxylation is 1. The molecule has 1 saturated heterocycles. The molecule has 1 aromatic carbocycles. The van der Waals surface area contributed by atoms with Crippen LogP contribution in [0.25, 0.3) is 0 Å². The molecule has 0 saturated carbocycles. The van der Waals surface area contributed by atoms with Crippen LogP contribution in [-0.2, 0) is 21.4 Å². The van der Waals surface area contributed by atoms with Gasteiger partial charge in [0.1, 0.15) is 5.76 Å². The Kier molecular flexibility index (Phi) is 4.85. The number of rotatable bonds is 4. The number of nitrogens with one attached hydrogen (secondary N) is 1. The Hall–Kier alpha value is -2.63. The maximum Gasteiger partial charge on any atom is 0.231 e. The van der Waals surface area contributed by atoms with E-state index in [9.17, 15) is 9.59 Å². The number of para-hydroxylation sites is 1. The Morgan fingerprint density at radius 3 is 2.73 bits per heavy atom. The van der Waals surface area contributed by atoms with Crippen LogP contribution in [0.4, 0.5) is 11.5 Å². The number of anilines is 2. The van der Waals surface area contributed by atoms with Gasteiger partial charge in [0.2, 0.25) is 11.8 Å². The van der Waals surface area contributed by atoms with Crippen LogP contribution in [0.1, 0.15) is 45.4 Å². The summed E-state index contributed by atoms with van der Waals surface area (Å²) < 4.78 is 5.29. The summed E-state index contributed by atoms with van der Waals surface area (Å²) in [6.07, 6.45) is 1.04. The largest absolute Gasteiger partial charge is 0.359 e. The van der Waals surface area contributed by atoms with Crippen LogP contribution < -0.4 is 10.2 Å². The zero-order valence-corrected chi connectivity index (χ0v) is 15.7. The van der Waals surface area contributed by atoms with Crippen LogP contribution in [0.15, 0.2) is 34.9 Å². The maximum absolute atomic E-state index is 12.6. The molecule has 1 aliphatic rings. The number of benzene rings is 1. The summed E-state index contributed by atoms with van der Waals surface area (Å²) in [5.41, 5.74) is 1.82. The fourth-order valence-electron chi connectivity index (χ4n) is 3.11. The average Bonchev–Trinajstić information content (AvgIpc) is 3.21. The van der Waals surface area contributed by atoms with E-state index in [1.165, 1.54) is 0 Å². The van der Waals surface area contributed by atoms with Gasteiger partial charge in [0.05, 0.1) is 5.92 Å². The van der Waals surface area contributed by atoms with Gasteiger partial charge in [-0.1, -0.05) is 51.1 Å². The van der Waals surface area contributed by atoms with E-state index in [1.807, 2.05) is 45.0 Å². The predicted molar refractivity (Wildman–Crippen MR) is 100 cm³/mol. The maximum atomic E-state index is 12.6. The summed E-state index contributed by atoms with van der Waals surface area (Å²) in [5, 5.41) is 6.69. The Balaban J connectivity index is 1.70. The van der Waals surface area contributed by atoms with E-state index in [4.69, 9.17) is 4.52 Å². The Morgan fingerprint density at radius 1 is 1.35 bits per heavy atom. The zero-order chi connectivity index (χ0) is 18.9. The van der Waals surface area contributed by atoms with Crippen molar-refractivity contribution in [3.8, 4) is 0 Å². The molecule has 2 aromatic rings. The van der Waals surface area contributed by atoms with Gasteiger partial charge in [0.25, 0.3) is 0 Å². The molecule has 3 rings (SSSR count). The highest BCUT2D eigenvalue weighted by Crippen LogP contribution is 2.29. The van der Waals surface area contributed by atoms with Crippen LogP contribution in [0.5, 0.6) is 0 Å². The Bertz CT molecular complexity index is 820. The van der Waals surface area contributed by atoms with E-state index in [1.54, 1.807) is 11.0 Å². The highest BCUT2D eigenvalue weighted by molar-refractivity contribution is 6.03. The topological polar surface area (TPSA) is 75.4 Å². The summed E-state index contributed by atoms with van der Waals surface area (Å²) in [5.74, 6) is 0.459. The third-order valence-electron chi connectivity index (χ3n) is 4.66. The molecule has 2 amide bonds. The summed E-state index contributed by atoms with van der Waals surface area (Å²) >= 11 is 0. The van der Waals surface area contributed by atoms with Gasteiger partial charge < -0.3 is 14.7 Å². The molecule has 1 fully saturated rings. The molecule has 0 spiro atoms. The first-order valence-electron chi connectivity index (χ1n) is 8.96. The van der Waals surface area contributed by atoms with Crippen molar-refractivity contribution < 1.29 is 14.1 Å². The van der Waals surface area contributed by atoms with Crippen LogP contribution in [-0.4, -0.2) is 23.5 Å². The Morgan fingerprint density at radius 2 is 2.08 bits per heavy atom. The second-order valence-corrected chi connectivity index (χ2v) is 7.70. The minimum atomic E-state index is -0.401. The fraction of sp³-hybridized carbons (Fsp3) is 0.450. The minimum absolute atomic E-state index is 0.0263. The summed E-state index contributed by atoms with van der Waals surface area (Å²) in [6.45, 7) is 8.47. The molecule has 6 heteroatoms. The van der Waals surface area contributed by atoms with E-state index in [0.717, 1.165) is 17.7 Å². The van der Waals surface area contributed by atoms with Crippen LogP contribution >= 0.6 is 0 Å². The molecule has 1 aliphatic heterocycles. The molecule has 1 N–H and O–H groups in total.